The predicted octanol–water partition coefficient (Wildman–Crippen LogP) is 4.04. The highest BCUT2D eigenvalue weighted by Crippen LogP contribution is 2.29. The second-order valence-electron chi connectivity index (χ2n) is 4.49. The molecular formula is C14H18BrN3OS. The van der Waals surface area contributed by atoms with Gasteiger partial charge in [0, 0.05) is 11.4 Å². The molecular weight excluding hydrogens is 338 g/mol. The summed E-state index contributed by atoms with van der Waals surface area (Å²) in [6.07, 6.45) is 3.81. The van der Waals surface area contributed by atoms with Crippen LogP contribution >= 0.6 is 27.3 Å². The Morgan fingerprint density at radius 3 is 2.90 bits per heavy atom. The minimum atomic E-state index is -0.0982. The lowest BCUT2D eigenvalue weighted by molar-refractivity contribution is 0.610. The number of halogens is 1. The van der Waals surface area contributed by atoms with Crippen molar-refractivity contribution in [1.82, 2.24) is 9.78 Å². The summed E-state index contributed by atoms with van der Waals surface area (Å²) in [7, 11) is 0. The molecule has 0 bridgehead atoms. The maximum absolute atomic E-state index is 12.1. The van der Waals surface area contributed by atoms with Crippen LogP contribution in [0, 0.1) is 0 Å². The van der Waals surface area contributed by atoms with Crippen molar-refractivity contribution in [2.75, 3.05) is 5.32 Å². The molecule has 0 aliphatic carbocycles. The van der Waals surface area contributed by atoms with Gasteiger partial charge in [0.1, 0.15) is 4.47 Å². The summed E-state index contributed by atoms with van der Waals surface area (Å²) in [6.45, 7) is 4.63. The van der Waals surface area contributed by atoms with Crippen LogP contribution in [0.25, 0.3) is 0 Å². The van der Waals surface area contributed by atoms with Crippen LogP contribution < -0.4 is 10.9 Å². The SMILES string of the molecule is CCCC(Nc1cnn(CC)c(=O)c1Br)c1cccs1. The summed E-state index contributed by atoms with van der Waals surface area (Å²) in [5.74, 6) is 0. The van der Waals surface area contributed by atoms with E-state index in [0.29, 0.717) is 11.0 Å². The van der Waals surface area contributed by atoms with Crippen LogP contribution in [0.4, 0.5) is 5.69 Å². The molecule has 1 unspecified atom stereocenters. The first-order chi connectivity index (χ1) is 9.67. The van der Waals surface area contributed by atoms with Gasteiger partial charge in [0.25, 0.3) is 5.56 Å². The van der Waals surface area contributed by atoms with Crippen molar-refractivity contribution in [3.05, 3.63) is 43.4 Å². The smallest absolute Gasteiger partial charge is 0.283 e. The highest BCUT2D eigenvalue weighted by molar-refractivity contribution is 9.10. The first kappa shape index (κ1) is 15.3. The van der Waals surface area contributed by atoms with Gasteiger partial charge in [-0.1, -0.05) is 19.4 Å². The fourth-order valence-corrected chi connectivity index (χ4v) is 3.28. The number of anilines is 1. The molecule has 0 aliphatic rings. The lowest BCUT2D eigenvalue weighted by atomic mass is 10.1. The average molecular weight is 356 g/mol. The third-order valence-electron chi connectivity index (χ3n) is 3.08. The number of hydrogen-bond donors (Lipinski definition) is 1. The van der Waals surface area contributed by atoms with Crippen LogP contribution in [-0.4, -0.2) is 9.78 Å². The summed E-state index contributed by atoms with van der Waals surface area (Å²) in [4.78, 5) is 13.3. The Balaban J connectivity index is 2.28. The number of aromatic nitrogens is 2. The van der Waals surface area contributed by atoms with Crippen molar-refractivity contribution in [2.45, 2.75) is 39.3 Å². The molecule has 0 amide bonds. The van der Waals surface area contributed by atoms with Crippen molar-refractivity contribution in [1.29, 1.82) is 0 Å². The number of rotatable bonds is 6. The Morgan fingerprint density at radius 1 is 1.50 bits per heavy atom. The first-order valence-corrected chi connectivity index (χ1v) is 8.40. The van der Waals surface area contributed by atoms with E-state index in [2.05, 4.69) is 44.7 Å². The van der Waals surface area contributed by atoms with Crippen molar-refractivity contribution in [3.8, 4) is 0 Å². The number of nitrogens with zero attached hydrogens (tertiary/aromatic N) is 2. The normalized spacial score (nSPS) is 12.3. The molecule has 2 aromatic heterocycles. The number of aryl methyl sites for hydroxylation is 1. The van der Waals surface area contributed by atoms with Gasteiger partial charge in [-0.25, -0.2) is 4.68 Å². The largest absolute Gasteiger partial charge is 0.375 e. The summed E-state index contributed by atoms with van der Waals surface area (Å²) in [5.41, 5.74) is 0.658. The molecule has 2 rings (SSSR count). The summed E-state index contributed by atoms with van der Waals surface area (Å²) < 4.78 is 1.99. The van der Waals surface area contributed by atoms with Crippen molar-refractivity contribution in [2.24, 2.45) is 0 Å². The van der Waals surface area contributed by atoms with Gasteiger partial charge in [0.15, 0.2) is 0 Å². The van der Waals surface area contributed by atoms with Crippen LogP contribution in [0.15, 0.2) is 33.0 Å². The van der Waals surface area contributed by atoms with Gasteiger partial charge in [-0.2, -0.15) is 5.10 Å². The highest BCUT2D eigenvalue weighted by Gasteiger charge is 2.15. The van der Waals surface area contributed by atoms with E-state index in [1.54, 1.807) is 17.5 Å². The van der Waals surface area contributed by atoms with E-state index in [1.807, 2.05) is 13.0 Å². The van der Waals surface area contributed by atoms with E-state index in [9.17, 15) is 4.79 Å². The molecule has 1 N–H and O–H groups in total. The minimum absolute atomic E-state index is 0.0982. The minimum Gasteiger partial charge on any atom is -0.375 e. The van der Waals surface area contributed by atoms with Gasteiger partial charge in [-0.05, 0) is 40.7 Å². The second kappa shape index (κ2) is 7.04. The van der Waals surface area contributed by atoms with Gasteiger partial charge in [-0.3, -0.25) is 4.79 Å². The molecule has 0 aromatic carbocycles. The average Bonchev–Trinajstić information content (AvgIpc) is 2.97. The van der Waals surface area contributed by atoms with E-state index in [4.69, 9.17) is 0 Å². The van der Waals surface area contributed by atoms with E-state index in [0.717, 1.165) is 18.5 Å². The second-order valence-corrected chi connectivity index (χ2v) is 6.27. The van der Waals surface area contributed by atoms with E-state index in [1.165, 1.54) is 9.56 Å². The fourth-order valence-electron chi connectivity index (χ4n) is 2.04. The Labute approximate surface area is 131 Å². The number of thiophene rings is 1. The van der Waals surface area contributed by atoms with Crippen LogP contribution in [0.3, 0.4) is 0 Å². The highest BCUT2D eigenvalue weighted by atomic mass is 79.9. The fraction of sp³-hybridized carbons (Fsp3) is 0.429. The molecule has 0 radical (unpaired) electrons. The predicted molar refractivity (Wildman–Crippen MR) is 87.5 cm³/mol. The zero-order chi connectivity index (χ0) is 14.5. The van der Waals surface area contributed by atoms with Gasteiger partial charge in [0.2, 0.25) is 0 Å². The van der Waals surface area contributed by atoms with Crippen molar-refractivity contribution >= 4 is 33.0 Å². The third kappa shape index (κ3) is 3.30. The molecule has 108 valence electrons. The standard InChI is InChI=1S/C14H18BrN3OS/c1-3-6-10(12-7-5-8-20-12)17-11-9-16-18(4-2)14(19)13(11)15/h5,7-10,17H,3-4,6H2,1-2H3. The van der Waals surface area contributed by atoms with Gasteiger partial charge < -0.3 is 5.32 Å². The number of hydrogen-bond acceptors (Lipinski definition) is 4. The van der Waals surface area contributed by atoms with E-state index >= 15 is 0 Å². The van der Waals surface area contributed by atoms with E-state index < -0.39 is 0 Å². The molecule has 0 aliphatic heterocycles. The maximum Gasteiger partial charge on any atom is 0.283 e. The van der Waals surface area contributed by atoms with Gasteiger partial charge in [-0.15, -0.1) is 11.3 Å². The summed E-state index contributed by atoms with van der Waals surface area (Å²) in [6, 6.07) is 4.38. The van der Waals surface area contributed by atoms with E-state index in [-0.39, 0.29) is 11.6 Å². The topological polar surface area (TPSA) is 46.9 Å². The molecule has 2 heterocycles. The molecule has 0 saturated carbocycles. The van der Waals surface area contributed by atoms with Crippen LogP contribution in [0.1, 0.15) is 37.6 Å². The Kier molecular flexibility index (Phi) is 5.37. The van der Waals surface area contributed by atoms with Gasteiger partial charge >= 0.3 is 0 Å². The van der Waals surface area contributed by atoms with Gasteiger partial charge in [0.05, 0.1) is 17.9 Å². The monoisotopic (exact) mass is 355 g/mol. The lowest BCUT2D eigenvalue weighted by Crippen LogP contribution is -2.24. The molecule has 6 heteroatoms. The Morgan fingerprint density at radius 2 is 2.30 bits per heavy atom. The molecule has 0 fully saturated rings. The molecule has 2 aromatic rings. The van der Waals surface area contributed by atoms with Crippen LogP contribution in [0.2, 0.25) is 0 Å². The molecule has 4 nitrogen and oxygen atoms in total. The first-order valence-electron chi connectivity index (χ1n) is 6.72. The Bertz CT molecular complexity index is 609. The Hall–Kier alpha value is -1.14. The van der Waals surface area contributed by atoms with Crippen LogP contribution in [-0.2, 0) is 6.54 Å². The third-order valence-corrected chi connectivity index (χ3v) is 4.83. The molecule has 1 atom stereocenters. The maximum atomic E-state index is 12.1. The zero-order valence-corrected chi connectivity index (χ0v) is 14.0. The molecule has 20 heavy (non-hydrogen) atoms. The molecule has 0 spiro atoms. The summed E-state index contributed by atoms with van der Waals surface area (Å²) in [5, 5.41) is 9.67. The summed E-state index contributed by atoms with van der Waals surface area (Å²) >= 11 is 5.11. The zero-order valence-electron chi connectivity index (χ0n) is 11.6. The van der Waals surface area contributed by atoms with Crippen LogP contribution in [0.5, 0.6) is 0 Å². The van der Waals surface area contributed by atoms with Crippen molar-refractivity contribution < 1.29 is 0 Å². The molecule has 0 saturated heterocycles. The lowest BCUT2D eigenvalue weighted by Gasteiger charge is -2.19. The quantitative estimate of drug-likeness (QED) is 0.850. The van der Waals surface area contributed by atoms with Crippen molar-refractivity contribution in [3.63, 3.8) is 0 Å². The number of nitrogens with one attached hydrogen (secondary N) is 1.